The molecule has 1 N–H and O–H groups in total. The van der Waals surface area contributed by atoms with E-state index in [2.05, 4.69) is 4.37 Å². The average molecular weight is 204 g/mol. The van der Waals surface area contributed by atoms with E-state index in [1.807, 2.05) is 6.92 Å². The SMILES string of the molecule is CCSc1s[nH]c(=O)c1C(=O)[O-]. The molecule has 0 aliphatic rings. The molecule has 0 aliphatic heterocycles. The van der Waals surface area contributed by atoms with Crippen molar-refractivity contribution in [1.82, 2.24) is 4.37 Å². The van der Waals surface area contributed by atoms with Crippen LogP contribution in [0, 0.1) is 0 Å². The number of carboxylic acid groups (broad SMARTS) is 1. The van der Waals surface area contributed by atoms with Crippen LogP contribution in [0.3, 0.4) is 0 Å². The summed E-state index contributed by atoms with van der Waals surface area (Å²) in [5, 5.41) is 10.4. The van der Waals surface area contributed by atoms with Crippen molar-refractivity contribution in [2.75, 3.05) is 5.75 Å². The van der Waals surface area contributed by atoms with E-state index in [1.165, 1.54) is 11.8 Å². The number of aromatic amines is 1. The molecular formula is C6H6NO3S2-. The van der Waals surface area contributed by atoms with Gasteiger partial charge in [0.05, 0.1) is 15.7 Å². The molecule has 0 spiro atoms. The predicted octanol–water partition coefficient (Wildman–Crippen LogP) is -0.0881. The first-order valence-electron chi connectivity index (χ1n) is 3.22. The maximum absolute atomic E-state index is 10.9. The maximum Gasteiger partial charge on any atom is 0.268 e. The van der Waals surface area contributed by atoms with E-state index in [9.17, 15) is 14.7 Å². The standard InChI is InChI=1S/C6H7NO3S2/c1-2-11-6-3(5(9)10)4(8)7-12-6/h2H2,1H3,(H,7,8)(H,9,10)/p-1. The lowest BCUT2D eigenvalue weighted by molar-refractivity contribution is -0.255. The molecule has 0 unspecified atom stereocenters. The third-order valence-corrected chi connectivity index (χ3v) is 3.18. The van der Waals surface area contributed by atoms with E-state index in [0.717, 1.165) is 17.3 Å². The highest BCUT2D eigenvalue weighted by atomic mass is 32.2. The van der Waals surface area contributed by atoms with Gasteiger partial charge >= 0.3 is 0 Å². The second-order valence-electron chi connectivity index (χ2n) is 1.92. The van der Waals surface area contributed by atoms with Gasteiger partial charge in [-0.25, -0.2) is 0 Å². The number of hydrogen-bond acceptors (Lipinski definition) is 5. The molecule has 0 saturated heterocycles. The van der Waals surface area contributed by atoms with Crippen molar-refractivity contribution in [2.45, 2.75) is 11.1 Å². The third kappa shape index (κ3) is 1.70. The quantitative estimate of drug-likeness (QED) is 0.698. The van der Waals surface area contributed by atoms with Crippen LogP contribution in [-0.4, -0.2) is 16.1 Å². The van der Waals surface area contributed by atoms with E-state index in [1.54, 1.807) is 0 Å². The molecule has 66 valence electrons. The molecule has 0 aliphatic carbocycles. The van der Waals surface area contributed by atoms with Crippen LogP contribution >= 0.6 is 23.3 Å². The number of rotatable bonds is 3. The summed E-state index contributed by atoms with van der Waals surface area (Å²) in [5.74, 6) is -0.679. The largest absolute Gasteiger partial charge is 0.545 e. The summed E-state index contributed by atoms with van der Waals surface area (Å²) in [6.07, 6.45) is 0. The molecule has 0 amide bonds. The fourth-order valence-electron chi connectivity index (χ4n) is 0.696. The topological polar surface area (TPSA) is 73.0 Å². The van der Waals surface area contributed by atoms with Gasteiger partial charge in [0.15, 0.2) is 0 Å². The molecule has 0 fully saturated rings. The zero-order chi connectivity index (χ0) is 9.14. The summed E-state index contributed by atoms with van der Waals surface area (Å²) in [7, 11) is 0. The van der Waals surface area contributed by atoms with Crippen molar-refractivity contribution in [1.29, 1.82) is 0 Å². The lowest BCUT2D eigenvalue weighted by Crippen LogP contribution is -2.28. The van der Waals surface area contributed by atoms with E-state index in [0.29, 0.717) is 4.21 Å². The fraction of sp³-hybridized carbons (Fsp3) is 0.333. The Morgan fingerprint density at radius 2 is 2.42 bits per heavy atom. The summed E-state index contributed by atoms with van der Waals surface area (Å²) in [6, 6.07) is 0. The zero-order valence-corrected chi connectivity index (χ0v) is 7.88. The monoisotopic (exact) mass is 204 g/mol. The molecule has 1 heterocycles. The Balaban J connectivity index is 3.12. The van der Waals surface area contributed by atoms with E-state index >= 15 is 0 Å². The van der Waals surface area contributed by atoms with Crippen LogP contribution in [-0.2, 0) is 0 Å². The minimum Gasteiger partial charge on any atom is -0.545 e. The van der Waals surface area contributed by atoms with Crippen molar-refractivity contribution in [3.05, 3.63) is 15.9 Å². The van der Waals surface area contributed by atoms with Gasteiger partial charge in [-0.3, -0.25) is 9.17 Å². The number of nitrogens with one attached hydrogen (secondary N) is 1. The number of carboxylic acids is 1. The van der Waals surface area contributed by atoms with E-state index in [-0.39, 0.29) is 5.56 Å². The molecule has 1 aromatic heterocycles. The van der Waals surface area contributed by atoms with Gasteiger partial charge in [0.2, 0.25) is 0 Å². The number of hydrogen-bond donors (Lipinski definition) is 1. The van der Waals surface area contributed by atoms with Gasteiger partial charge in [0.25, 0.3) is 5.56 Å². The number of aromatic carboxylic acids is 1. The maximum atomic E-state index is 10.9. The molecule has 0 atom stereocenters. The van der Waals surface area contributed by atoms with Gasteiger partial charge < -0.3 is 9.90 Å². The Labute approximate surface area is 76.8 Å². The molecule has 6 heteroatoms. The van der Waals surface area contributed by atoms with Gasteiger partial charge in [0.1, 0.15) is 0 Å². The van der Waals surface area contributed by atoms with Crippen LogP contribution in [0.15, 0.2) is 9.00 Å². The van der Waals surface area contributed by atoms with Gasteiger partial charge in [-0.15, -0.1) is 11.8 Å². The second kappa shape index (κ2) is 3.77. The molecule has 1 rings (SSSR count). The van der Waals surface area contributed by atoms with Crippen molar-refractivity contribution in [3.8, 4) is 0 Å². The van der Waals surface area contributed by atoms with Crippen molar-refractivity contribution in [2.24, 2.45) is 0 Å². The third-order valence-electron chi connectivity index (χ3n) is 1.15. The number of carbonyl (C=O) groups excluding carboxylic acids is 1. The van der Waals surface area contributed by atoms with Gasteiger partial charge in [-0.2, -0.15) is 0 Å². The molecule has 12 heavy (non-hydrogen) atoms. The van der Waals surface area contributed by atoms with Gasteiger partial charge in [-0.05, 0) is 5.75 Å². The van der Waals surface area contributed by atoms with E-state index in [4.69, 9.17) is 0 Å². The first-order chi connectivity index (χ1) is 5.66. The zero-order valence-electron chi connectivity index (χ0n) is 6.25. The predicted molar refractivity (Wildman–Crippen MR) is 45.7 cm³/mol. The summed E-state index contributed by atoms with van der Waals surface area (Å²) >= 11 is 2.35. The molecule has 0 aromatic carbocycles. The Morgan fingerprint density at radius 3 is 2.92 bits per heavy atom. The molecule has 0 bridgehead atoms. The lowest BCUT2D eigenvalue weighted by atomic mass is 10.4. The molecular weight excluding hydrogens is 198 g/mol. The van der Waals surface area contributed by atoms with Crippen LogP contribution in [0.25, 0.3) is 0 Å². The van der Waals surface area contributed by atoms with Gasteiger partial charge in [0, 0.05) is 0 Å². The van der Waals surface area contributed by atoms with Gasteiger partial charge in [-0.1, -0.05) is 18.5 Å². The smallest absolute Gasteiger partial charge is 0.268 e. The van der Waals surface area contributed by atoms with Crippen LogP contribution in [0.5, 0.6) is 0 Å². The number of H-pyrrole nitrogens is 1. The average Bonchev–Trinajstić information content (AvgIpc) is 2.32. The normalized spacial score (nSPS) is 10.1. The summed E-state index contributed by atoms with van der Waals surface area (Å²) in [6.45, 7) is 1.88. The highest BCUT2D eigenvalue weighted by Crippen LogP contribution is 2.23. The Morgan fingerprint density at radius 1 is 1.75 bits per heavy atom. The van der Waals surface area contributed by atoms with Crippen molar-refractivity contribution in [3.63, 3.8) is 0 Å². The lowest BCUT2D eigenvalue weighted by Gasteiger charge is -1.98. The van der Waals surface area contributed by atoms with Crippen molar-refractivity contribution < 1.29 is 9.90 Å². The summed E-state index contributed by atoms with van der Waals surface area (Å²) in [5.41, 5.74) is -0.817. The Bertz CT molecular complexity index is 341. The van der Waals surface area contributed by atoms with E-state index < -0.39 is 11.5 Å². The molecule has 4 nitrogen and oxygen atoms in total. The summed E-state index contributed by atoms with van der Waals surface area (Å²) in [4.78, 5) is 21.3. The number of thioether (sulfide) groups is 1. The van der Waals surface area contributed by atoms with Crippen LogP contribution in [0.4, 0.5) is 0 Å². The Hall–Kier alpha value is -0.750. The minimum atomic E-state index is -1.41. The number of aromatic nitrogens is 1. The highest BCUT2D eigenvalue weighted by Gasteiger charge is 2.10. The summed E-state index contributed by atoms with van der Waals surface area (Å²) < 4.78 is 2.84. The molecule has 1 aromatic rings. The fourth-order valence-corrected chi connectivity index (χ4v) is 2.56. The van der Waals surface area contributed by atoms with Crippen LogP contribution in [0.1, 0.15) is 17.3 Å². The second-order valence-corrected chi connectivity index (χ2v) is 4.27. The van der Waals surface area contributed by atoms with Crippen LogP contribution in [0.2, 0.25) is 0 Å². The molecule has 0 radical (unpaired) electrons. The molecule has 0 saturated carbocycles. The first kappa shape index (κ1) is 9.34. The minimum absolute atomic E-state index is 0.244. The first-order valence-corrected chi connectivity index (χ1v) is 5.02. The number of carbonyl (C=O) groups is 1. The Kier molecular flexibility index (Phi) is 2.93. The van der Waals surface area contributed by atoms with Crippen LogP contribution < -0.4 is 10.7 Å². The highest BCUT2D eigenvalue weighted by molar-refractivity contribution is 8.01. The van der Waals surface area contributed by atoms with Crippen molar-refractivity contribution >= 4 is 29.3 Å².